The van der Waals surface area contributed by atoms with Crippen molar-refractivity contribution < 1.29 is 23.1 Å². The number of benzene rings is 2. The van der Waals surface area contributed by atoms with Crippen LogP contribution in [-0.2, 0) is 6.42 Å². The number of aliphatic hydroxyl groups is 1. The minimum absolute atomic E-state index is 0.105. The lowest BCUT2D eigenvalue weighted by molar-refractivity contribution is -0.127. The summed E-state index contributed by atoms with van der Waals surface area (Å²) in [7, 11) is 0. The normalized spacial score (nSPS) is 13.0. The molecule has 0 saturated heterocycles. The number of rotatable bonds is 4. The van der Waals surface area contributed by atoms with Gasteiger partial charge in [-0.3, -0.25) is 4.79 Å². The van der Waals surface area contributed by atoms with E-state index in [9.17, 15) is 23.1 Å². The highest BCUT2D eigenvalue weighted by Gasteiger charge is 2.31. The Hall–Kier alpha value is -2.14. The number of Topliss-reactive ketones (excluding diaryl/α,β-unsaturated/α-hetero) is 1. The maximum Gasteiger partial charge on any atom is 0.393 e. The fourth-order valence-electron chi connectivity index (χ4n) is 2.06. The molecule has 2 aromatic rings. The molecule has 2 nitrogen and oxygen atoms in total. The molecule has 0 amide bonds. The minimum atomic E-state index is -4.41. The smallest absolute Gasteiger partial charge is 0.380 e. The Morgan fingerprint density at radius 2 is 1.57 bits per heavy atom. The third kappa shape index (κ3) is 3.92. The molecule has 2 aromatic carbocycles. The summed E-state index contributed by atoms with van der Waals surface area (Å²) < 4.78 is 37.6. The van der Waals surface area contributed by atoms with Crippen molar-refractivity contribution in [1.29, 1.82) is 0 Å². The molecule has 0 aliphatic rings. The summed E-state index contributed by atoms with van der Waals surface area (Å²) in [5.41, 5.74) is 0.112. The Morgan fingerprint density at radius 3 is 2.19 bits per heavy atom. The molecular weight excluding hydrogens is 281 g/mol. The van der Waals surface area contributed by atoms with Crippen LogP contribution in [0.15, 0.2) is 54.6 Å². The van der Waals surface area contributed by atoms with Gasteiger partial charge in [0.15, 0.2) is 5.78 Å². The largest absolute Gasteiger partial charge is 0.393 e. The summed E-state index contributed by atoms with van der Waals surface area (Å²) in [6.45, 7) is 0. The van der Waals surface area contributed by atoms with Crippen molar-refractivity contribution in [2.45, 2.75) is 18.7 Å². The van der Waals surface area contributed by atoms with Gasteiger partial charge in [0.2, 0.25) is 0 Å². The second-order valence-corrected chi connectivity index (χ2v) is 4.63. The molecule has 2 rings (SSSR count). The first kappa shape index (κ1) is 15.3. The van der Waals surface area contributed by atoms with Crippen LogP contribution in [0.4, 0.5) is 13.2 Å². The SMILES string of the molecule is O=C(c1ccccc1CC(F)(F)F)C(O)c1ccccc1. The van der Waals surface area contributed by atoms with Gasteiger partial charge in [-0.25, -0.2) is 0 Å². The highest BCUT2D eigenvalue weighted by molar-refractivity contribution is 6.01. The Bertz CT molecular complexity index is 621. The monoisotopic (exact) mass is 294 g/mol. The van der Waals surface area contributed by atoms with Gasteiger partial charge in [0.25, 0.3) is 0 Å². The molecule has 1 atom stereocenters. The lowest BCUT2D eigenvalue weighted by Gasteiger charge is -2.14. The van der Waals surface area contributed by atoms with Gasteiger partial charge in [0, 0.05) is 5.56 Å². The molecule has 0 bridgehead atoms. The third-order valence-electron chi connectivity index (χ3n) is 3.04. The van der Waals surface area contributed by atoms with Crippen LogP contribution in [0.25, 0.3) is 0 Å². The molecule has 0 radical (unpaired) electrons. The number of ketones is 1. The van der Waals surface area contributed by atoms with Gasteiger partial charge < -0.3 is 5.11 Å². The van der Waals surface area contributed by atoms with Crippen LogP contribution in [0.5, 0.6) is 0 Å². The van der Waals surface area contributed by atoms with Gasteiger partial charge >= 0.3 is 6.18 Å². The molecule has 0 aromatic heterocycles. The van der Waals surface area contributed by atoms with E-state index in [1.54, 1.807) is 30.3 Å². The van der Waals surface area contributed by atoms with Crippen LogP contribution in [0.2, 0.25) is 0 Å². The number of halogens is 3. The molecule has 21 heavy (non-hydrogen) atoms. The number of alkyl halides is 3. The molecule has 5 heteroatoms. The quantitative estimate of drug-likeness (QED) is 0.873. The third-order valence-corrected chi connectivity index (χ3v) is 3.04. The van der Waals surface area contributed by atoms with Crippen LogP contribution >= 0.6 is 0 Å². The van der Waals surface area contributed by atoms with E-state index in [-0.39, 0.29) is 11.1 Å². The topological polar surface area (TPSA) is 37.3 Å². The van der Waals surface area contributed by atoms with E-state index in [1.165, 1.54) is 24.3 Å². The van der Waals surface area contributed by atoms with Crippen LogP contribution in [-0.4, -0.2) is 17.1 Å². The van der Waals surface area contributed by atoms with Crippen molar-refractivity contribution in [3.05, 3.63) is 71.3 Å². The van der Waals surface area contributed by atoms with Crippen molar-refractivity contribution >= 4 is 5.78 Å². The van der Waals surface area contributed by atoms with Gasteiger partial charge in [-0.1, -0.05) is 54.6 Å². The van der Waals surface area contributed by atoms with E-state index in [0.717, 1.165) is 0 Å². The van der Waals surface area contributed by atoms with E-state index in [2.05, 4.69) is 0 Å². The maximum atomic E-state index is 12.5. The van der Waals surface area contributed by atoms with Gasteiger partial charge in [-0.05, 0) is 11.1 Å². The number of aliphatic hydroxyl groups excluding tert-OH is 1. The summed E-state index contributed by atoms with van der Waals surface area (Å²) in [4.78, 5) is 12.2. The molecular formula is C16H13F3O2. The first-order chi connectivity index (χ1) is 9.88. The molecule has 0 aliphatic carbocycles. The summed E-state index contributed by atoms with van der Waals surface area (Å²) in [5, 5.41) is 10.0. The molecule has 0 saturated carbocycles. The lowest BCUT2D eigenvalue weighted by Crippen LogP contribution is -2.18. The fraction of sp³-hybridized carbons (Fsp3) is 0.188. The van der Waals surface area contributed by atoms with Crippen molar-refractivity contribution in [2.24, 2.45) is 0 Å². The van der Waals surface area contributed by atoms with Crippen molar-refractivity contribution in [3.8, 4) is 0 Å². The molecule has 1 N–H and O–H groups in total. The molecule has 1 unspecified atom stereocenters. The maximum absolute atomic E-state index is 12.5. The summed E-state index contributed by atoms with van der Waals surface area (Å²) in [6, 6.07) is 13.6. The summed E-state index contributed by atoms with van der Waals surface area (Å²) in [5.74, 6) is -0.735. The molecule has 110 valence electrons. The Labute approximate surface area is 119 Å². The zero-order valence-electron chi connectivity index (χ0n) is 11.0. The standard InChI is InChI=1S/C16H13F3O2/c17-16(18,19)10-12-8-4-5-9-13(12)15(21)14(20)11-6-2-1-3-7-11/h1-9,14,20H,10H2. The molecule has 0 spiro atoms. The van der Waals surface area contributed by atoms with Crippen LogP contribution in [0, 0.1) is 0 Å². The van der Waals surface area contributed by atoms with Gasteiger partial charge in [-0.15, -0.1) is 0 Å². The van der Waals surface area contributed by atoms with E-state index >= 15 is 0 Å². The first-order valence-corrected chi connectivity index (χ1v) is 6.30. The molecule has 0 aliphatic heterocycles. The zero-order valence-corrected chi connectivity index (χ0v) is 11.0. The van der Waals surface area contributed by atoms with Crippen LogP contribution < -0.4 is 0 Å². The number of hydrogen-bond acceptors (Lipinski definition) is 2. The number of carbonyl (C=O) groups is 1. The molecule has 0 fully saturated rings. The average Bonchev–Trinajstić information content (AvgIpc) is 2.45. The Balaban J connectivity index is 2.31. The Kier molecular flexibility index (Phi) is 4.43. The van der Waals surface area contributed by atoms with Gasteiger partial charge in [0.1, 0.15) is 6.10 Å². The van der Waals surface area contributed by atoms with Crippen LogP contribution in [0.3, 0.4) is 0 Å². The van der Waals surface area contributed by atoms with E-state index in [0.29, 0.717) is 5.56 Å². The summed E-state index contributed by atoms with van der Waals surface area (Å²) in [6.07, 6.45) is -7.08. The second-order valence-electron chi connectivity index (χ2n) is 4.63. The fourth-order valence-corrected chi connectivity index (χ4v) is 2.06. The predicted molar refractivity (Wildman–Crippen MR) is 71.9 cm³/mol. The van der Waals surface area contributed by atoms with E-state index in [1.807, 2.05) is 0 Å². The van der Waals surface area contributed by atoms with Gasteiger partial charge in [-0.2, -0.15) is 13.2 Å². The zero-order chi connectivity index (χ0) is 15.5. The summed E-state index contributed by atoms with van der Waals surface area (Å²) >= 11 is 0. The Morgan fingerprint density at radius 1 is 1.00 bits per heavy atom. The van der Waals surface area contributed by atoms with E-state index < -0.39 is 24.5 Å². The predicted octanol–water partition coefficient (Wildman–Crippen LogP) is 3.71. The van der Waals surface area contributed by atoms with E-state index in [4.69, 9.17) is 0 Å². The number of hydrogen-bond donors (Lipinski definition) is 1. The average molecular weight is 294 g/mol. The van der Waals surface area contributed by atoms with Crippen molar-refractivity contribution in [3.63, 3.8) is 0 Å². The first-order valence-electron chi connectivity index (χ1n) is 6.30. The highest BCUT2D eigenvalue weighted by atomic mass is 19.4. The van der Waals surface area contributed by atoms with Crippen molar-refractivity contribution in [2.75, 3.05) is 0 Å². The van der Waals surface area contributed by atoms with Crippen LogP contribution in [0.1, 0.15) is 27.6 Å². The van der Waals surface area contributed by atoms with Gasteiger partial charge in [0.05, 0.1) is 6.42 Å². The molecule has 0 heterocycles. The van der Waals surface area contributed by atoms with Crippen molar-refractivity contribution in [1.82, 2.24) is 0 Å². The minimum Gasteiger partial charge on any atom is -0.380 e. The highest BCUT2D eigenvalue weighted by Crippen LogP contribution is 2.26. The number of carbonyl (C=O) groups excluding carboxylic acids is 1. The lowest BCUT2D eigenvalue weighted by atomic mass is 9.95. The second kappa shape index (κ2) is 6.10.